The van der Waals surface area contributed by atoms with Gasteiger partial charge in [-0.1, -0.05) is 58.4 Å². The first-order valence-electron chi connectivity index (χ1n) is 17.4. The lowest BCUT2D eigenvalue weighted by molar-refractivity contribution is -0.162. The van der Waals surface area contributed by atoms with E-state index in [9.17, 15) is 19.5 Å². The quantitative estimate of drug-likeness (QED) is 0.210. The molecule has 13 heteroatoms. The number of carbonyl (C=O) groups excluding carboxylic acids is 4. The maximum Gasteiger partial charge on any atom is 0.313 e. The zero-order valence-corrected chi connectivity index (χ0v) is 30.3. The highest BCUT2D eigenvalue weighted by Crippen LogP contribution is 2.59. The highest BCUT2D eigenvalue weighted by molar-refractivity contribution is 9.11. The fraction of sp³-hybridized carbons (Fsp3) is 0.474. The largest absolute Gasteiger partial charge is 0.497 e. The van der Waals surface area contributed by atoms with Gasteiger partial charge in [0.2, 0.25) is 11.8 Å². The van der Waals surface area contributed by atoms with Crippen molar-refractivity contribution in [2.75, 3.05) is 45.4 Å². The predicted octanol–water partition coefficient (Wildman–Crippen LogP) is 3.83. The predicted molar refractivity (Wildman–Crippen MR) is 191 cm³/mol. The normalized spacial score (nSPS) is 30.2. The molecule has 3 amide bonds. The number of likely N-dealkylation sites (tertiary alicyclic amines) is 1. The summed E-state index contributed by atoms with van der Waals surface area (Å²) < 4.78 is 24.4. The van der Waals surface area contributed by atoms with Crippen LogP contribution in [-0.2, 0) is 33.4 Å². The van der Waals surface area contributed by atoms with Gasteiger partial charge in [0.25, 0.3) is 5.91 Å². The molecule has 0 saturated carbocycles. The molecule has 51 heavy (non-hydrogen) atoms. The van der Waals surface area contributed by atoms with Crippen molar-refractivity contribution in [1.29, 1.82) is 0 Å². The minimum atomic E-state index is -1.46. The number of cyclic esters (lactones) is 1. The van der Waals surface area contributed by atoms with Crippen molar-refractivity contribution >= 4 is 45.3 Å². The van der Waals surface area contributed by atoms with Crippen molar-refractivity contribution in [3.63, 3.8) is 0 Å². The van der Waals surface area contributed by atoms with E-state index in [0.29, 0.717) is 47.2 Å². The molecule has 2 saturated heterocycles. The van der Waals surface area contributed by atoms with Crippen molar-refractivity contribution in [1.82, 2.24) is 10.2 Å². The Bertz CT molecular complexity index is 1650. The Morgan fingerprint density at radius 1 is 0.961 bits per heavy atom. The Hall–Kier alpha value is -4.04. The van der Waals surface area contributed by atoms with Crippen LogP contribution < -0.4 is 15.0 Å². The second-order valence-corrected chi connectivity index (χ2v) is 14.1. The molecule has 1 spiro atoms. The zero-order valence-electron chi connectivity index (χ0n) is 28.7. The van der Waals surface area contributed by atoms with E-state index >= 15 is 4.79 Å². The van der Waals surface area contributed by atoms with Crippen LogP contribution in [0.25, 0.3) is 0 Å². The molecule has 4 aliphatic rings. The molecule has 0 aliphatic carbocycles. The number of esters is 1. The third-order valence-electron chi connectivity index (χ3n) is 10.1. The van der Waals surface area contributed by atoms with Gasteiger partial charge in [0.15, 0.2) is 0 Å². The van der Waals surface area contributed by atoms with Gasteiger partial charge in [-0.05, 0) is 61.6 Å². The van der Waals surface area contributed by atoms with Gasteiger partial charge in [0, 0.05) is 43.4 Å². The van der Waals surface area contributed by atoms with E-state index in [1.807, 2.05) is 42.5 Å². The molecule has 2 fully saturated rings. The lowest BCUT2D eigenvalue weighted by Crippen LogP contribution is -2.56. The SMILES string of the molecule is COC[C@@H]1NC(=O)CC/C=C\CN(c2ccc(OC)cc2)C(=O)[C@H]2N(CCCCCO)C(=O)[C@@H]3[C@@H](C(=O)O[C@H]1c1ccccc1)[C@@H]1O[C@@]32C=C1Br. The van der Waals surface area contributed by atoms with Crippen LogP contribution in [0.3, 0.4) is 0 Å². The highest BCUT2D eigenvalue weighted by atomic mass is 79.9. The number of allylic oxidation sites excluding steroid dienone is 1. The fourth-order valence-electron chi connectivity index (χ4n) is 7.71. The molecule has 2 aromatic carbocycles. The van der Waals surface area contributed by atoms with Gasteiger partial charge in [-0.2, -0.15) is 0 Å². The van der Waals surface area contributed by atoms with Gasteiger partial charge in [0.1, 0.15) is 35.5 Å². The molecule has 7 atom stereocenters. The van der Waals surface area contributed by atoms with Crippen molar-refractivity contribution in [3.8, 4) is 5.75 Å². The number of fused-ring (bicyclic) bond motifs is 2. The number of anilines is 1. The summed E-state index contributed by atoms with van der Waals surface area (Å²) in [5.41, 5.74) is -0.234. The van der Waals surface area contributed by atoms with E-state index in [4.69, 9.17) is 18.9 Å². The lowest BCUT2D eigenvalue weighted by atomic mass is 9.74. The van der Waals surface area contributed by atoms with Gasteiger partial charge in [-0.3, -0.25) is 19.2 Å². The number of halogens is 1. The molecule has 4 heterocycles. The number of rotatable bonds is 10. The van der Waals surface area contributed by atoms with Crippen LogP contribution in [-0.4, -0.2) is 98.0 Å². The first-order chi connectivity index (χ1) is 24.7. The van der Waals surface area contributed by atoms with Crippen LogP contribution in [0, 0.1) is 11.8 Å². The average molecular weight is 767 g/mol. The summed E-state index contributed by atoms with van der Waals surface area (Å²) in [7, 11) is 3.07. The first kappa shape index (κ1) is 36.7. The molecule has 5 bridgehead atoms. The number of carbonyl (C=O) groups is 4. The van der Waals surface area contributed by atoms with E-state index in [1.165, 1.54) is 7.11 Å². The molecule has 2 N–H and O–H groups in total. The van der Waals surface area contributed by atoms with Crippen LogP contribution in [0.4, 0.5) is 5.69 Å². The number of benzene rings is 2. The minimum Gasteiger partial charge on any atom is -0.497 e. The number of nitrogens with zero attached hydrogens (tertiary/aromatic N) is 2. The molecule has 2 aromatic rings. The molecule has 0 aromatic heterocycles. The fourth-order valence-corrected chi connectivity index (χ4v) is 8.45. The van der Waals surface area contributed by atoms with Crippen LogP contribution in [0.2, 0.25) is 0 Å². The number of hydrogen-bond acceptors (Lipinski definition) is 9. The van der Waals surface area contributed by atoms with Gasteiger partial charge in [-0.15, -0.1) is 0 Å². The number of hydrogen-bond donors (Lipinski definition) is 2. The summed E-state index contributed by atoms with van der Waals surface area (Å²) >= 11 is 3.61. The smallest absolute Gasteiger partial charge is 0.313 e. The van der Waals surface area contributed by atoms with Crippen LogP contribution >= 0.6 is 15.9 Å². The summed E-state index contributed by atoms with van der Waals surface area (Å²) in [5, 5.41) is 12.4. The number of aliphatic hydroxyl groups is 1. The van der Waals surface area contributed by atoms with E-state index in [0.717, 1.165) is 0 Å². The first-order valence-corrected chi connectivity index (χ1v) is 18.1. The Morgan fingerprint density at radius 3 is 2.43 bits per heavy atom. The second kappa shape index (κ2) is 16.1. The van der Waals surface area contributed by atoms with Crippen LogP contribution in [0.15, 0.2) is 77.3 Å². The van der Waals surface area contributed by atoms with Gasteiger partial charge in [-0.25, -0.2) is 0 Å². The maximum atomic E-state index is 15.0. The molecule has 6 rings (SSSR count). The average Bonchev–Trinajstić information content (AvgIpc) is 3.73. The number of aliphatic hydroxyl groups excluding tert-OH is 1. The molecular formula is C38H44BrN3O9. The van der Waals surface area contributed by atoms with Crippen molar-refractivity contribution < 1.29 is 43.2 Å². The second-order valence-electron chi connectivity index (χ2n) is 13.2. The summed E-state index contributed by atoms with van der Waals surface area (Å²) in [5.74, 6) is -3.19. The van der Waals surface area contributed by atoms with Gasteiger partial charge in [0.05, 0.1) is 25.7 Å². The number of methoxy groups -OCH3 is 2. The monoisotopic (exact) mass is 765 g/mol. The number of nitrogens with one attached hydrogen (secondary N) is 1. The molecule has 4 aliphatic heterocycles. The summed E-state index contributed by atoms with van der Waals surface area (Å²) in [6.07, 6.45) is 5.93. The molecule has 272 valence electrons. The Labute approximate surface area is 305 Å². The van der Waals surface area contributed by atoms with Crippen LogP contribution in [0.1, 0.15) is 43.8 Å². The minimum absolute atomic E-state index is 0.0158. The number of unbranched alkanes of at least 4 members (excludes halogenated alkanes) is 2. The Morgan fingerprint density at radius 2 is 1.73 bits per heavy atom. The van der Waals surface area contributed by atoms with E-state index in [2.05, 4.69) is 21.2 Å². The standard InChI is InChI=1S/C38H44BrN3O9/c1-48-23-28-32(24-12-6-3-7-13-24)50-37(47)30-31-35(45)42(20-10-5-11-21-43)34(38(31)22-27(39)33(30)51-38)36(46)41(19-9-4-8-14-29(44)40-28)25-15-17-26(49-2)18-16-25/h3-4,6-7,9,12-13,15-18,22,28,30-34,43H,5,8,10-11,14,19-21,23H2,1-2H3,(H,40,44)/b9-4-/t28-,30+,31-,32-,33+,34+,38-/m0/s1. The third-order valence-corrected chi connectivity index (χ3v) is 10.7. The Kier molecular flexibility index (Phi) is 11.6. The molecule has 0 radical (unpaired) electrons. The van der Waals surface area contributed by atoms with Crippen molar-refractivity contribution in [2.24, 2.45) is 11.8 Å². The third kappa shape index (κ3) is 7.21. The molecule has 0 unspecified atom stereocenters. The summed E-state index contributed by atoms with van der Waals surface area (Å²) in [4.78, 5) is 60.6. The summed E-state index contributed by atoms with van der Waals surface area (Å²) in [6.45, 7) is 0.459. The lowest BCUT2D eigenvalue weighted by Gasteiger charge is -2.36. The summed E-state index contributed by atoms with van der Waals surface area (Å²) in [6, 6.07) is 14.3. The molecular weight excluding hydrogens is 722 g/mol. The number of ether oxygens (including phenoxy) is 4. The molecule has 12 nitrogen and oxygen atoms in total. The van der Waals surface area contributed by atoms with Gasteiger partial charge >= 0.3 is 5.97 Å². The van der Waals surface area contributed by atoms with Gasteiger partial charge < -0.3 is 39.2 Å². The van der Waals surface area contributed by atoms with Crippen molar-refractivity contribution in [3.05, 3.63) is 82.9 Å². The highest BCUT2D eigenvalue weighted by Gasteiger charge is 2.75. The van der Waals surface area contributed by atoms with E-state index in [-0.39, 0.29) is 50.4 Å². The zero-order chi connectivity index (χ0) is 36.1. The topological polar surface area (TPSA) is 144 Å². The van der Waals surface area contributed by atoms with E-state index < -0.39 is 47.7 Å². The Balaban J connectivity index is 1.46. The van der Waals surface area contributed by atoms with E-state index in [1.54, 1.807) is 47.3 Å². The van der Waals surface area contributed by atoms with Crippen LogP contribution in [0.5, 0.6) is 5.75 Å². The van der Waals surface area contributed by atoms with Crippen molar-refractivity contribution in [2.45, 2.75) is 62.0 Å². The number of amides is 3. The maximum absolute atomic E-state index is 15.0.